The molecule has 9 heteroatoms. The molecule has 0 spiro atoms. The molecule has 6 rings (SSSR count). The van der Waals surface area contributed by atoms with E-state index in [9.17, 15) is 9.90 Å². The molecule has 256 valence electrons. The van der Waals surface area contributed by atoms with Gasteiger partial charge < -0.3 is 24.8 Å². The van der Waals surface area contributed by atoms with Gasteiger partial charge in [-0.3, -0.25) is 4.90 Å². The van der Waals surface area contributed by atoms with E-state index in [1.165, 1.54) is 16.7 Å². The molecular formula is C39H47Cl2N3O4. The SMILES string of the molecule is CCCC(CCN1CCC(CO)C1)Oc1ccc(C2C3=C(CCN2C(=O)Oc2ccc(Cl)cc2)c2cc(Cl)ccc2C(NC)CC3)cc1. The lowest BCUT2D eigenvalue weighted by Gasteiger charge is -2.38. The van der Waals surface area contributed by atoms with E-state index in [-0.39, 0.29) is 30.9 Å². The van der Waals surface area contributed by atoms with Crippen molar-refractivity contribution >= 4 is 34.9 Å². The van der Waals surface area contributed by atoms with E-state index < -0.39 is 0 Å². The number of benzene rings is 3. The van der Waals surface area contributed by atoms with E-state index in [0.29, 0.717) is 34.7 Å². The predicted octanol–water partition coefficient (Wildman–Crippen LogP) is 8.70. The number of nitrogens with one attached hydrogen (secondary N) is 1. The first kappa shape index (κ1) is 34.8. The molecule has 3 aromatic rings. The van der Waals surface area contributed by atoms with Crippen LogP contribution in [-0.2, 0) is 0 Å². The zero-order valence-corrected chi connectivity index (χ0v) is 29.5. The van der Waals surface area contributed by atoms with Gasteiger partial charge in [0, 0.05) is 42.3 Å². The Morgan fingerprint density at radius 1 is 0.958 bits per heavy atom. The van der Waals surface area contributed by atoms with Crippen LogP contribution in [0.5, 0.6) is 11.5 Å². The third-order valence-corrected chi connectivity index (χ3v) is 10.6. The summed E-state index contributed by atoms with van der Waals surface area (Å²) in [6.45, 7) is 5.95. The Labute approximate surface area is 294 Å². The number of amides is 1. The summed E-state index contributed by atoms with van der Waals surface area (Å²) < 4.78 is 12.5. The largest absolute Gasteiger partial charge is 0.490 e. The Morgan fingerprint density at radius 2 is 1.71 bits per heavy atom. The summed E-state index contributed by atoms with van der Waals surface area (Å²) in [5.41, 5.74) is 5.91. The fraction of sp³-hybridized carbons (Fsp3) is 0.462. The van der Waals surface area contributed by atoms with Gasteiger partial charge in [-0.2, -0.15) is 0 Å². The number of fused-ring (bicyclic) bond motifs is 2. The van der Waals surface area contributed by atoms with Crippen LogP contribution in [-0.4, -0.2) is 66.9 Å². The van der Waals surface area contributed by atoms with Crippen molar-refractivity contribution in [3.63, 3.8) is 0 Å². The highest BCUT2D eigenvalue weighted by Gasteiger charge is 2.38. The van der Waals surface area contributed by atoms with Gasteiger partial charge in [0.2, 0.25) is 0 Å². The molecule has 2 heterocycles. The first-order valence-corrected chi connectivity index (χ1v) is 18.1. The Balaban J connectivity index is 1.28. The minimum atomic E-state index is -0.386. The maximum absolute atomic E-state index is 13.9. The van der Waals surface area contributed by atoms with Gasteiger partial charge in [0.25, 0.3) is 0 Å². The highest BCUT2D eigenvalue weighted by molar-refractivity contribution is 6.31. The average Bonchev–Trinajstić information content (AvgIpc) is 3.51. The maximum atomic E-state index is 13.9. The average molecular weight is 693 g/mol. The number of likely N-dealkylation sites (tertiary alicyclic amines) is 1. The fourth-order valence-electron chi connectivity index (χ4n) is 7.66. The zero-order chi connectivity index (χ0) is 33.6. The predicted molar refractivity (Wildman–Crippen MR) is 193 cm³/mol. The quantitative estimate of drug-likeness (QED) is 0.210. The lowest BCUT2D eigenvalue weighted by molar-refractivity contribution is 0.136. The van der Waals surface area contributed by atoms with Crippen LogP contribution in [0.1, 0.15) is 80.6 Å². The third-order valence-electron chi connectivity index (χ3n) is 10.2. The molecule has 0 bridgehead atoms. The van der Waals surface area contributed by atoms with Gasteiger partial charge in [-0.05, 0) is 134 Å². The van der Waals surface area contributed by atoms with E-state index in [2.05, 4.69) is 41.4 Å². The van der Waals surface area contributed by atoms with Crippen molar-refractivity contribution in [2.75, 3.05) is 39.8 Å². The van der Waals surface area contributed by atoms with Crippen molar-refractivity contribution in [2.45, 2.75) is 70.1 Å². The molecule has 1 aliphatic carbocycles. The minimum absolute atomic E-state index is 0.116. The number of ether oxygens (including phenoxy) is 2. The standard InChI is InChI=1S/C39H47Cl2N3O4/c1-3-4-30(18-21-43-20-17-26(24-43)25-45)47-31-10-5-27(6-11-31)38-35-15-16-37(42-2)34-14-9-29(41)23-36(34)33(35)19-22-44(38)39(46)48-32-12-7-28(40)8-13-32/h5-14,23,26,30,37-38,42,45H,3-4,15-22,24-25H2,1-2H3. The summed E-state index contributed by atoms with van der Waals surface area (Å²) in [6.07, 6.45) is 6.21. The molecule has 0 saturated carbocycles. The van der Waals surface area contributed by atoms with Gasteiger partial charge in [-0.25, -0.2) is 4.79 Å². The summed E-state index contributed by atoms with van der Waals surface area (Å²) in [7, 11) is 2.00. The van der Waals surface area contributed by atoms with Crippen molar-refractivity contribution in [3.05, 3.63) is 99.0 Å². The second-order valence-corrected chi connectivity index (χ2v) is 14.2. The van der Waals surface area contributed by atoms with Crippen molar-refractivity contribution in [1.29, 1.82) is 0 Å². The number of halogens is 2. The molecule has 2 aliphatic heterocycles. The Bertz CT molecular complexity index is 1580. The van der Waals surface area contributed by atoms with Crippen molar-refractivity contribution in [1.82, 2.24) is 15.1 Å². The number of carbonyl (C=O) groups is 1. The van der Waals surface area contributed by atoms with Crippen LogP contribution < -0.4 is 14.8 Å². The summed E-state index contributed by atoms with van der Waals surface area (Å²) in [6, 6.07) is 21.3. The zero-order valence-electron chi connectivity index (χ0n) is 28.0. The molecular weight excluding hydrogens is 645 g/mol. The van der Waals surface area contributed by atoms with E-state index in [0.717, 1.165) is 75.0 Å². The Hall–Kier alpha value is -3.07. The van der Waals surface area contributed by atoms with Crippen LogP contribution in [0.25, 0.3) is 5.57 Å². The third kappa shape index (κ3) is 8.03. The molecule has 0 radical (unpaired) electrons. The number of nitrogens with zero attached hydrogens (tertiary/aromatic N) is 2. The number of aliphatic hydroxyl groups excluding tert-OH is 1. The van der Waals surface area contributed by atoms with Gasteiger partial charge in [0.1, 0.15) is 11.5 Å². The van der Waals surface area contributed by atoms with Crippen LogP contribution in [0, 0.1) is 5.92 Å². The number of aliphatic hydroxyl groups is 1. The fourth-order valence-corrected chi connectivity index (χ4v) is 7.95. The number of hydrogen-bond acceptors (Lipinski definition) is 6. The van der Waals surface area contributed by atoms with Crippen molar-refractivity contribution in [3.8, 4) is 11.5 Å². The van der Waals surface area contributed by atoms with Crippen molar-refractivity contribution < 1.29 is 19.4 Å². The first-order valence-electron chi connectivity index (χ1n) is 17.4. The molecule has 4 atom stereocenters. The van der Waals surface area contributed by atoms with Crippen LogP contribution in [0.15, 0.2) is 72.3 Å². The monoisotopic (exact) mass is 691 g/mol. The lowest BCUT2D eigenvalue weighted by Crippen LogP contribution is -2.41. The maximum Gasteiger partial charge on any atom is 0.416 e. The van der Waals surface area contributed by atoms with Gasteiger partial charge in [-0.15, -0.1) is 0 Å². The van der Waals surface area contributed by atoms with E-state index in [4.69, 9.17) is 32.7 Å². The van der Waals surface area contributed by atoms with Crippen LogP contribution in [0.2, 0.25) is 10.0 Å². The smallest absolute Gasteiger partial charge is 0.416 e. The molecule has 1 fully saturated rings. The molecule has 3 aliphatic rings. The molecule has 48 heavy (non-hydrogen) atoms. The van der Waals surface area contributed by atoms with Gasteiger partial charge in [0.15, 0.2) is 0 Å². The van der Waals surface area contributed by atoms with E-state index in [1.54, 1.807) is 24.3 Å². The van der Waals surface area contributed by atoms with E-state index >= 15 is 0 Å². The molecule has 4 unspecified atom stereocenters. The second kappa shape index (κ2) is 16.1. The number of hydrogen-bond donors (Lipinski definition) is 2. The van der Waals surface area contributed by atoms with Crippen LogP contribution in [0.4, 0.5) is 4.79 Å². The number of carbonyl (C=O) groups excluding carboxylic acids is 1. The van der Waals surface area contributed by atoms with Crippen LogP contribution in [0.3, 0.4) is 0 Å². The molecule has 1 amide bonds. The van der Waals surface area contributed by atoms with Gasteiger partial charge >= 0.3 is 6.09 Å². The molecule has 3 aromatic carbocycles. The summed E-state index contributed by atoms with van der Waals surface area (Å²) >= 11 is 12.7. The molecule has 1 saturated heterocycles. The summed E-state index contributed by atoms with van der Waals surface area (Å²) in [4.78, 5) is 18.2. The Kier molecular flexibility index (Phi) is 11.7. The normalized spacial score (nSPS) is 21.8. The van der Waals surface area contributed by atoms with E-state index in [1.807, 2.05) is 30.1 Å². The Morgan fingerprint density at radius 3 is 2.42 bits per heavy atom. The second-order valence-electron chi connectivity index (χ2n) is 13.3. The molecule has 2 N–H and O–H groups in total. The van der Waals surface area contributed by atoms with Crippen molar-refractivity contribution in [2.24, 2.45) is 5.92 Å². The lowest BCUT2D eigenvalue weighted by atomic mass is 9.84. The van der Waals surface area contributed by atoms with Gasteiger partial charge in [0.05, 0.1) is 12.1 Å². The first-order chi connectivity index (χ1) is 23.4. The molecule has 7 nitrogen and oxygen atoms in total. The van der Waals surface area contributed by atoms with Crippen LogP contribution >= 0.6 is 23.2 Å². The van der Waals surface area contributed by atoms with Gasteiger partial charge in [-0.1, -0.05) is 54.7 Å². The topological polar surface area (TPSA) is 74.3 Å². The highest BCUT2D eigenvalue weighted by atomic mass is 35.5. The summed E-state index contributed by atoms with van der Waals surface area (Å²) in [5.74, 6) is 1.69. The molecule has 0 aromatic heterocycles. The number of rotatable bonds is 11. The minimum Gasteiger partial charge on any atom is -0.490 e. The highest BCUT2D eigenvalue weighted by Crippen LogP contribution is 2.47. The summed E-state index contributed by atoms with van der Waals surface area (Å²) in [5, 5.41) is 14.3.